The van der Waals surface area contributed by atoms with Crippen molar-refractivity contribution >= 4 is 23.3 Å². The van der Waals surface area contributed by atoms with Gasteiger partial charge in [-0.1, -0.05) is 66.7 Å². The summed E-state index contributed by atoms with van der Waals surface area (Å²) >= 11 is 0. The van der Waals surface area contributed by atoms with Crippen LogP contribution in [-0.4, -0.2) is 18.0 Å². The summed E-state index contributed by atoms with van der Waals surface area (Å²) in [6, 6.07) is 25.5. The highest BCUT2D eigenvalue weighted by atomic mass is 16.2. The summed E-state index contributed by atoms with van der Waals surface area (Å²) in [7, 11) is 0. The Morgan fingerprint density at radius 3 is 2.18 bits per heavy atom. The van der Waals surface area contributed by atoms with Crippen molar-refractivity contribution in [1.29, 1.82) is 0 Å². The number of anilines is 2. The first-order valence-electron chi connectivity index (χ1n) is 9.23. The summed E-state index contributed by atoms with van der Waals surface area (Å²) in [4.78, 5) is 26.8. The van der Waals surface area contributed by atoms with E-state index in [2.05, 4.69) is 5.32 Å². The number of benzene rings is 3. The van der Waals surface area contributed by atoms with E-state index in [4.69, 9.17) is 5.73 Å². The van der Waals surface area contributed by atoms with E-state index in [1.165, 1.54) is 4.90 Å². The summed E-state index contributed by atoms with van der Waals surface area (Å²) in [5, 5.41) is 2.99. The molecule has 5 nitrogen and oxygen atoms in total. The monoisotopic (exact) mass is 371 g/mol. The smallest absolute Gasteiger partial charge is 0.320 e. The fraction of sp³-hybridized carbons (Fsp3) is 0.130. The highest BCUT2D eigenvalue weighted by molar-refractivity contribution is 6.05. The quantitative estimate of drug-likeness (QED) is 0.727. The number of rotatable bonds is 3. The number of nitrogens with one attached hydrogen (secondary N) is 1. The van der Waals surface area contributed by atoms with Crippen LogP contribution in [0.1, 0.15) is 23.5 Å². The second-order valence-corrected chi connectivity index (χ2v) is 6.84. The van der Waals surface area contributed by atoms with Crippen molar-refractivity contribution in [2.24, 2.45) is 5.73 Å². The maximum Gasteiger partial charge on any atom is 0.320 e. The van der Waals surface area contributed by atoms with Gasteiger partial charge in [0, 0.05) is 17.3 Å². The van der Waals surface area contributed by atoms with E-state index < -0.39 is 12.1 Å². The van der Waals surface area contributed by atoms with Crippen LogP contribution < -0.4 is 16.0 Å². The molecule has 0 spiro atoms. The van der Waals surface area contributed by atoms with Crippen LogP contribution in [0.15, 0.2) is 84.9 Å². The molecule has 28 heavy (non-hydrogen) atoms. The molecule has 3 N–H and O–H groups in total. The summed E-state index contributed by atoms with van der Waals surface area (Å²) in [5.41, 5.74) is 9.20. The molecule has 0 saturated heterocycles. The van der Waals surface area contributed by atoms with Crippen LogP contribution in [0, 0.1) is 0 Å². The van der Waals surface area contributed by atoms with Crippen molar-refractivity contribution in [3.63, 3.8) is 0 Å². The van der Waals surface area contributed by atoms with Crippen molar-refractivity contribution in [3.05, 3.63) is 96.1 Å². The van der Waals surface area contributed by atoms with E-state index in [0.29, 0.717) is 12.1 Å². The molecule has 1 heterocycles. The van der Waals surface area contributed by atoms with Crippen molar-refractivity contribution in [2.75, 3.05) is 10.2 Å². The highest BCUT2D eigenvalue weighted by Gasteiger charge is 2.36. The fourth-order valence-corrected chi connectivity index (χ4v) is 3.86. The van der Waals surface area contributed by atoms with Crippen molar-refractivity contribution in [1.82, 2.24) is 0 Å². The molecule has 4 rings (SSSR count). The van der Waals surface area contributed by atoms with E-state index >= 15 is 0 Å². The zero-order chi connectivity index (χ0) is 19.5. The lowest BCUT2D eigenvalue weighted by atomic mass is 9.85. The summed E-state index contributed by atoms with van der Waals surface area (Å²) in [6.45, 7) is 0. The summed E-state index contributed by atoms with van der Waals surface area (Å²) in [5.74, 6) is -0.291. The first-order valence-corrected chi connectivity index (χ1v) is 9.23. The Morgan fingerprint density at radius 1 is 0.893 bits per heavy atom. The van der Waals surface area contributed by atoms with Gasteiger partial charge in [0.25, 0.3) is 0 Å². The Hall–Kier alpha value is -3.60. The van der Waals surface area contributed by atoms with Crippen molar-refractivity contribution in [3.8, 4) is 0 Å². The van der Waals surface area contributed by atoms with E-state index in [1.54, 1.807) is 12.1 Å². The zero-order valence-corrected chi connectivity index (χ0v) is 15.3. The molecule has 5 heteroatoms. The Kier molecular flexibility index (Phi) is 4.81. The highest BCUT2D eigenvalue weighted by Crippen LogP contribution is 2.38. The molecular formula is C23H21N3O2. The first-order chi connectivity index (χ1) is 13.6. The first kappa shape index (κ1) is 17.8. The Labute approximate surface area is 163 Å². The molecule has 3 aromatic carbocycles. The third kappa shape index (κ3) is 3.34. The Morgan fingerprint density at radius 2 is 1.50 bits per heavy atom. The average Bonchev–Trinajstić information content (AvgIpc) is 2.86. The number of carbonyl (C=O) groups excluding carboxylic acids is 2. The number of hydrogen-bond acceptors (Lipinski definition) is 2. The van der Waals surface area contributed by atoms with Crippen LogP contribution in [0.3, 0.4) is 0 Å². The lowest BCUT2D eigenvalue weighted by molar-refractivity contribution is -0.117. The maximum absolute atomic E-state index is 13.1. The molecule has 0 fully saturated rings. The van der Waals surface area contributed by atoms with Gasteiger partial charge in [-0.3, -0.25) is 9.69 Å². The van der Waals surface area contributed by atoms with E-state index in [1.807, 2.05) is 72.8 Å². The minimum Gasteiger partial charge on any atom is -0.351 e. The van der Waals surface area contributed by atoms with Gasteiger partial charge in [-0.05, 0) is 35.7 Å². The molecule has 1 aliphatic heterocycles. The van der Waals surface area contributed by atoms with Gasteiger partial charge in [-0.25, -0.2) is 4.79 Å². The Balaban J connectivity index is 1.81. The Bertz CT molecular complexity index is 989. The molecule has 2 unspecified atom stereocenters. The molecule has 3 aromatic rings. The largest absolute Gasteiger partial charge is 0.351 e. The minimum absolute atomic E-state index is 0.0492. The molecule has 0 radical (unpaired) electrons. The number of fused-ring (bicyclic) bond motifs is 1. The van der Waals surface area contributed by atoms with Gasteiger partial charge in [0.15, 0.2) is 0 Å². The van der Waals surface area contributed by atoms with Gasteiger partial charge in [0.1, 0.15) is 6.04 Å². The van der Waals surface area contributed by atoms with E-state index in [-0.39, 0.29) is 11.8 Å². The molecule has 140 valence electrons. The average molecular weight is 371 g/mol. The topological polar surface area (TPSA) is 75.4 Å². The van der Waals surface area contributed by atoms with Crippen LogP contribution in [0.5, 0.6) is 0 Å². The standard InChI is InChI=1S/C23H21N3O2/c24-23(28)26(17-11-5-2-6-12-17)21-15-19(16-9-3-1-4-10-16)18-13-7-8-14-20(18)25-22(21)27/h1-14,19,21H,15H2,(H2,24,28)(H,25,27). The summed E-state index contributed by atoms with van der Waals surface area (Å²) in [6.07, 6.45) is 0.435. The van der Waals surface area contributed by atoms with Gasteiger partial charge >= 0.3 is 6.03 Å². The number of nitrogens with zero attached hydrogens (tertiary/aromatic N) is 1. The van der Waals surface area contributed by atoms with Gasteiger partial charge in [0.2, 0.25) is 5.91 Å². The van der Waals surface area contributed by atoms with Crippen molar-refractivity contribution < 1.29 is 9.59 Å². The van der Waals surface area contributed by atoms with E-state index in [0.717, 1.165) is 16.8 Å². The molecular weight excluding hydrogens is 350 g/mol. The SMILES string of the molecule is NC(=O)N(c1ccccc1)C1CC(c2ccccc2)c2ccccc2NC1=O. The number of hydrogen-bond donors (Lipinski definition) is 2. The maximum atomic E-state index is 13.1. The number of primary amides is 1. The second kappa shape index (κ2) is 7.56. The third-order valence-corrected chi connectivity index (χ3v) is 5.14. The van der Waals surface area contributed by atoms with Gasteiger partial charge in [0.05, 0.1) is 0 Å². The third-order valence-electron chi connectivity index (χ3n) is 5.14. The van der Waals surface area contributed by atoms with Crippen LogP contribution >= 0.6 is 0 Å². The van der Waals surface area contributed by atoms with E-state index in [9.17, 15) is 9.59 Å². The molecule has 0 aliphatic carbocycles. The molecule has 0 bridgehead atoms. The fourth-order valence-electron chi connectivity index (χ4n) is 3.86. The zero-order valence-electron chi connectivity index (χ0n) is 15.3. The van der Waals surface area contributed by atoms with Gasteiger partial charge in [-0.2, -0.15) is 0 Å². The normalized spacial score (nSPS) is 18.5. The second-order valence-electron chi connectivity index (χ2n) is 6.84. The number of amides is 3. The van der Waals surface area contributed by atoms with Crippen molar-refractivity contribution in [2.45, 2.75) is 18.4 Å². The molecule has 0 aromatic heterocycles. The predicted molar refractivity (Wildman–Crippen MR) is 110 cm³/mol. The predicted octanol–water partition coefficient (Wildman–Crippen LogP) is 4.11. The lowest BCUT2D eigenvalue weighted by Gasteiger charge is -2.30. The van der Waals surface area contributed by atoms with Gasteiger partial charge in [-0.15, -0.1) is 0 Å². The number of para-hydroxylation sites is 2. The molecule has 2 atom stereocenters. The molecule has 0 saturated carbocycles. The lowest BCUT2D eigenvalue weighted by Crippen LogP contribution is -2.50. The van der Waals surface area contributed by atoms with Gasteiger partial charge < -0.3 is 11.1 Å². The molecule has 3 amide bonds. The van der Waals surface area contributed by atoms with Crippen LogP contribution in [-0.2, 0) is 4.79 Å². The van der Waals surface area contributed by atoms with Crippen LogP contribution in [0.2, 0.25) is 0 Å². The van der Waals surface area contributed by atoms with Crippen LogP contribution in [0.4, 0.5) is 16.2 Å². The minimum atomic E-state index is -0.725. The number of urea groups is 1. The van der Waals surface area contributed by atoms with Crippen LogP contribution in [0.25, 0.3) is 0 Å². The summed E-state index contributed by atoms with van der Waals surface area (Å²) < 4.78 is 0. The number of carbonyl (C=O) groups is 2. The number of nitrogens with two attached hydrogens (primary N) is 1. The molecule has 1 aliphatic rings.